The third-order valence-electron chi connectivity index (χ3n) is 3.58. The average Bonchev–Trinajstić information content (AvgIpc) is 3.16. The molecule has 0 aliphatic carbocycles. The molecule has 160 valence electrons. The van der Waals surface area contributed by atoms with Crippen molar-refractivity contribution in [1.82, 2.24) is 25.9 Å². The number of hydrogen-bond acceptors (Lipinski definition) is 8. The van der Waals surface area contributed by atoms with Crippen molar-refractivity contribution < 1.29 is 34.2 Å². The molecular formula is C15H22N6O7S. The van der Waals surface area contributed by atoms with Crippen molar-refractivity contribution in [2.45, 2.75) is 31.0 Å². The first-order valence-corrected chi connectivity index (χ1v) is 8.93. The van der Waals surface area contributed by atoms with Crippen LogP contribution in [0.25, 0.3) is 0 Å². The minimum atomic E-state index is -1.65. The van der Waals surface area contributed by atoms with E-state index in [-0.39, 0.29) is 12.2 Å². The number of amides is 3. The number of thiol groups is 1. The fourth-order valence-corrected chi connectivity index (χ4v) is 2.26. The summed E-state index contributed by atoms with van der Waals surface area (Å²) in [5, 5.41) is 24.3. The molecule has 0 bridgehead atoms. The van der Waals surface area contributed by atoms with E-state index in [9.17, 15) is 24.0 Å². The Bertz CT molecular complexity index is 742. The number of rotatable bonds is 12. The summed E-state index contributed by atoms with van der Waals surface area (Å²) in [7, 11) is 0. The number of nitrogens with zero attached hydrogens (tertiary/aromatic N) is 1. The second-order valence-electron chi connectivity index (χ2n) is 5.91. The Kier molecular flexibility index (Phi) is 9.61. The molecule has 0 saturated heterocycles. The molecule has 29 heavy (non-hydrogen) atoms. The highest BCUT2D eigenvalue weighted by atomic mass is 32.1. The Morgan fingerprint density at radius 2 is 1.83 bits per heavy atom. The van der Waals surface area contributed by atoms with Crippen molar-refractivity contribution in [3.63, 3.8) is 0 Å². The fourth-order valence-electron chi connectivity index (χ4n) is 2.10. The van der Waals surface area contributed by atoms with Crippen LogP contribution in [0.3, 0.4) is 0 Å². The molecule has 0 radical (unpaired) electrons. The number of carboxylic acid groups (broad SMARTS) is 2. The predicted molar refractivity (Wildman–Crippen MR) is 101 cm³/mol. The molecule has 0 saturated carbocycles. The Morgan fingerprint density at radius 1 is 1.14 bits per heavy atom. The largest absolute Gasteiger partial charge is 0.481 e. The predicted octanol–water partition coefficient (Wildman–Crippen LogP) is -3.15. The van der Waals surface area contributed by atoms with E-state index in [1.54, 1.807) is 0 Å². The number of carbonyl (C=O) groups is 5. The molecule has 0 aliphatic rings. The highest BCUT2D eigenvalue weighted by Gasteiger charge is 2.26. The van der Waals surface area contributed by atoms with Crippen LogP contribution < -0.4 is 21.7 Å². The summed E-state index contributed by atoms with van der Waals surface area (Å²) in [5.74, 6) is -5.17. The zero-order valence-electron chi connectivity index (χ0n) is 15.1. The first-order valence-electron chi connectivity index (χ1n) is 8.29. The lowest BCUT2D eigenvalue weighted by molar-refractivity contribution is -0.147. The summed E-state index contributed by atoms with van der Waals surface area (Å²) in [5.41, 5.74) is 6.10. The first-order chi connectivity index (χ1) is 13.6. The highest BCUT2D eigenvalue weighted by molar-refractivity contribution is 7.80. The topological polar surface area (TPSA) is 217 Å². The van der Waals surface area contributed by atoms with E-state index >= 15 is 0 Å². The van der Waals surface area contributed by atoms with Crippen molar-refractivity contribution in [3.8, 4) is 0 Å². The first kappa shape index (κ1) is 23.9. The quantitative estimate of drug-likeness (QED) is 0.157. The summed E-state index contributed by atoms with van der Waals surface area (Å²) in [4.78, 5) is 64.4. The smallest absolute Gasteiger partial charge is 0.326 e. The number of aromatic nitrogens is 2. The number of hydrogen-bond donors (Lipinski definition) is 8. The second kappa shape index (κ2) is 11.7. The fraction of sp³-hybridized carbons (Fsp3) is 0.467. The van der Waals surface area contributed by atoms with Gasteiger partial charge in [-0.3, -0.25) is 19.2 Å². The van der Waals surface area contributed by atoms with Crippen LogP contribution in [-0.2, 0) is 30.4 Å². The summed E-state index contributed by atoms with van der Waals surface area (Å²) in [6, 6.07) is -3.70. The van der Waals surface area contributed by atoms with Gasteiger partial charge in [0.2, 0.25) is 17.7 Å². The van der Waals surface area contributed by atoms with Crippen LogP contribution in [-0.4, -0.2) is 80.3 Å². The monoisotopic (exact) mass is 430 g/mol. The van der Waals surface area contributed by atoms with Gasteiger partial charge in [0.25, 0.3) is 0 Å². The number of carbonyl (C=O) groups excluding carboxylic acids is 3. The molecule has 1 rings (SSSR count). The molecule has 0 aliphatic heterocycles. The normalized spacial score (nSPS) is 13.6. The zero-order valence-corrected chi connectivity index (χ0v) is 16.0. The van der Waals surface area contributed by atoms with E-state index in [0.29, 0.717) is 5.69 Å². The lowest BCUT2D eigenvalue weighted by Crippen LogP contribution is -2.54. The van der Waals surface area contributed by atoms with Gasteiger partial charge < -0.3 is 36.9 Å². The molecule has 1 aromatic rings. The van der Waals surface area contributed by atoms with Crippen LogP contribution in [0.1, 0.15) is 12.1 Å². The third kappa shape index (κ3) is 8.61. The summed E-state index contributed by atoms with van der Waals surface area (Å²) in [6.07, 6.45) is 2.03. The number of nitrogens with one attached hydrogen (secondary N) is 4. The minimum Gasteiger partial charge on any atom is -0.481 e. The minimum absolute atomic E-state index is 0.0231. The summed E-state index contributed by atoms with van der Waals surface area (Å²) >= 11 is 3.91. The van der Waals surface area contributed by atoms with Gasteiger partial charge in [-0.1, -0.05) is 0 Å². The molecule has 1 heterocycles. The van der Waals surface area contributed by atoms with E-state index in [1.165, 1.54) is 12.5 Å². The van der Waals surface area contributed by atoms with Gasteiger partial charge in [-0.25, -0.2) is 9.78 Å². The van der Waals surface area contributed by atoms with Gasteiger partial charge in [-0.05, 0) is 0 Å². The molecule has 14 heteroatoms. The molecule has 0 spiro atoms. The molecule has 0 aromatic carbocycles. The molecule has 8 N–H and O–H groups in total. The number of carboxylic acids is 2. The molecule has 3 amide bonds. The molecule has 1 aromatic heterocycles. The van der Waals surface area contributed by atoms with Gasteiger partial charge >= 0.3 is 11.9 Å². The van der Waals surface area contributed by atoms with Crippen LogP contribution in [0.5, 0.6) is 0 Å². The number of nitrogens with two attached hydrogens (primary N) is 1. The lowest BCUT2D eigenvalue weighted by atomic mass is 10.1. The van der Waals surface area contributed by atoms with E-state index in [2.05, 4.69) is 33.2 Å². The van der Waals surface area contributed by atoms with Crippen LogP contribution in [0.2, 0.25) is 0 Å². The van der Waals surface area contributed by atoms with Crippen LogP contribution >= 0.6 is 12.6 Å². The number of H-pyrrole nitrogens is 1. The Labute approximate surface area is 170 Å². The molecule has 0 fully saturated rings. The third-order valence-corrected chi connectivity index (χ3v) is 3.97. The van der Waals surface area contributed by atoms with E-state index in [0.717, 1.165) is 0 Å². The van der Waals surface area contributed by atoms with Crippen LogP contribution in [0, 0.1) is 0 Å². The van der Waals surface area contributed by atoms with E-state index < -0.39 is 60.8 Å². The van der Waals surface area contributed by atoms with Gasteiger partial charge in [0.1, 0.15) is 12.1 Å². The maximum Gasteiger partial charge on any atom is 0.326 e. The summed E-state index contributed by atoms with van der Waals surface area (Å²) < 4.78 is 0. The van der Waals surface area contributed by atoms with Crippen LogP contribution in [0.15, 0.2) is 12.5 Å². The molecule has 13 nitrogen and oxygen atoms in total. The van der Waals surface area contributed by atoms with Crippen molar-refractivity contribution in [2.75, 3.05) is 12.3 Å². The van der Waals surface area contributed by atoms with Gasteiger partial charge in [-0.15, -0.1) is 0 Å². The SMILES string of the molecule is NC(CS)C(=O)NC(Cc1cnc[nH]1)C(=O)NCC(=O)NC(CC(=O)O)C(=O)O. The maximum atomic E-state index is 12.4. The van der Waals surface area contributed by atoms with Crippen molar-refractivity contribution in [3.05, 3.63) is 18.2 Å². The zero-order chi connectivity index (χ0) is 22.0. The number of aliphatic carboxylic acids is 2. The lowest BCUT2D eigenvalue weighted by Gasteiger charge is -2.20. The Hall–Kier alpha value is -3.13. The highest BCUT2D eigenvalue weighted by Crippen LogP contribution is 2.00. The van der Waals surface area contributed by atoms with Crippen molar-refractivity contribution >= 4 is 42.3 Å². The second-order valence-corrected chi connectivity index (χ2v) is 6.27. The Morgan fingerprint density at radius 3 is 2.34 bits per heavy atom. The van der Waals surface area contributed by atoms with Crippen molar-refractivity contribution in [1.29, 1.82) is 0 Å². The standard InChI is InChI=1S/C15H22N6O7S/c16-8(5-29)13(25)21-9(1-7-3-17-6-19-7)14(26)18-4-11(22)20-10(15(27)28)2-12(23)24/h3,6,8-10,29H,1-2,4-5,16H2,(H,17,19)(H,18,26)(H,20,22)(H,21,25)(H,23,24)(H,27,28). The molecular weight excluding hydrogens is 408 g/mol. The average molecular weight is 430 g/mol. The van der Waals surface area contributed by atoms with Gasteiger partial charge in [0, 0.05) is 24.1 Å². The molecule has 3 atom stereocenters. The molecule has 3 unspecified atom stereocenters. The number of aromatic amines is 1. The van der Waals surface area contributed by atoms with Gasteiger partial charge in [0.15, 0.2) is 0 Å². The summed E-state index contributed by atoms with van der Waals surface area (Å²) in [6.45, 7) is -0.629. The Balaban J connectivity index is 2.70. The van der Waals surface area contributed by atoms with Crippen LogP contribution in [0.4, 0.5) is 0 Å². The van der Waals surface area contributed by atoms with Gasteiger partial charge in [0.05, 0.1) is 25.3 Å². The number of imidazole rings is 1. The van der Waals surface area contributed by atoms with Gasteiger partial charge in [-0.2, -0.15) is 12.6 Å². The maximum absolute atomic E-state index is 12.4. The van der Waals surface area contributed by atoms with E-state index in [1.807, 2.05) is 5.32 Å². The van der Waals surface area contributed by atoms with E-state index in [4.69, 9.17) is 15.9 Å². The van der Waals surface area contributed by atoms with Crippen molar-refractivity contribution in [2.24, 2.45) is 5.73 Å².